The number of carbonyl (C=O) groups is 2. The quantitative estimate of drug-likeness (QED) is 0.529. The topological polar surface area (TPSA) is 105 Å². The molecular weight excluding hydrogens is 374 g/mol. The van der Waals surface area contributed by atoms with Crippen LogP contribution in [0.15, 0.2) is 28.6 Å². The summed E-state index contributed by atoms with van der Waals surface area (Å²) >= 11 is 2.62. The highest BCUT2D eigenvalue weighted by atomic mass is 32.2. The second-order valence-corrected chi connectivity index (χ2v) is 7.35. The van der Waals surface area contributed by atoms with Crippen LogP contribution >= 0.6 is 23.1 Å². The minimum absolute atomic E-state index is 0.0157. The van der Waals surface area contributed by atoms with Gasteiger partial charge in [-0.1, -0.05) is 36.1 Å². The van der Waals surface area contributed by atoms with Crippen LogP contribution in [0.3, 0.4) is 0 Å². The van der Waals surface area contributed by atoms with Gasteiger partial charge in [-0.2, -0.15) is 0 Å². The van der Waals surface area contributed by atoms with Crippen molar-refractivity contribution < 1.29 is 14.3 Å². The molecule has 140 valence electrons. The van der Waals surface area contributed by atoms with Gasteiger partial charge in [0.1, 0.15) is 5.75 Å². The lowest BCUT2D eigenvalue weighted by Gasteiger charge is -2.05. The standard InChI is InChI=1S/C16H21N5O3S2/c1-3-7-17-13(22)9-18-14(23)10-25-16-21-20-15(26-16)19-11-5-4-6-12(8-11)24-2/h4-6,8H,3,7,9-10H2,1-2H3,(H,17,22)(H,18,23)(H,19,20). The molecule has 1 aromatic heterocycles. The number of ether oxygens (including phenoxy) is 1. The highest BCUT2D eigenvalue weighted by molar-refractivity contribution is 8.01. The van der Waals surface area contributed by atoms with Crippen molar-refractivity contribution in [1.82, 2.24) is 20.8 Å². The number of aromatic nitrogens is 2. The van der Waals surface area contributed by atoms with Gasteiger partial charge in [-0.25, -0.2) is 0 Å². The Labute approximate surface area is 160 Å². The molecule has 26 heavy (non-hydrogen) atoms. The fourth-order valence-electron chi connectivity index (χ4n) is 1.83. The Balaban J connectivity index is 1.75. The Hall–Kier alpha value is -2.33. The van der Waals surface area contributed by atoms with Gasteiger partial charge >= 0.3 is 0 Å². The first-order valence-corrected chi connectivity index (χ1v) is 9.81. The van der Waals surface area contributed by atoms with Crippen LogP contribution in [0.4, 0.5) is 10.8 Å². The number of hydrogen-bond donors (Lipinski definition) is 3. The van der Waals surface area contributed by atoms with Gasteiger partial charge < -0.3 is 20.7 Å². The van der Waals surface area contributed by atoms with Crippen LogP contribution < -0.4 is 20.7 Å². The fraction of sp³-hybridized carbons (Fsp3) is 0.375. The Kier molecular flexibility index (Phi) is 8.16. The van der Waals surface area contributed by atoms with Gasteiger partial charge in [0.05, 0.1) is 19.4 Å². The number of nitrogens with one attached hydrogen (secondary N) is 3. The van der Waals surface area contributed by atoms with E-state index in [1.807, 2.05) is 31.2 Å². The van der Waals surface area contributed by atoms with Crippen molar-refractivity contribution in [3.05, 3.63) is 24.3 Å². The summed E-state index contributed by atoms with van der Waals surface area (Å²) in [6.07, 6.45) is 0.860. The summed E-state index contributed by atoms with van der Waals surface area (Å²) in [5.41, 5.74) is 0.841. The Morgan fingerprint density at radius 3 is 2.85 bits per heavy atom. The van der Waals surface area contributed by atoms with Crippen molar-refractivity contribution >= 4 is 45.7 Å². The van der Waals surface area contributed by atoms with Gasteiger partial charge in [0.2, 0.25) is 16.9 Å². The molecular formula is C16H21N5O3S2. The monoisotopic (exact) mass is 395 g/mol. The van der Waals surface area contributed by atoms with Crippen LogP contribution in [0.5, 0.6) is 5.75 Å². The molecule has 0 radical (unpaired) electrons. The summed E-state index contributed by atoms with van der Waals surface area (Å²) in [5.74, 6) is 0.508. The average molecular weight is 396 g/mol. The summed E-state index contributed by atoms with van der Waals surface area (Å²) in [5, 5.41) is 17.1. The largest absolute Gasteiger partial charge is 0.497 e. The molecule has 2 amide bonds. The van der Waals surface area contributed by atoms with E-state index in [2.05, 4.69) is 26.1 Å². The maximum atomic E-state index is 11.8. The van der Waals surface area contributed by atoms with E-state index < -0.39 is 0 Å². The summed E-state index contributed by atoms with van der Waals surface area (Å²) in [6.45, 7) is 2.56. The Morgan fingerprint density at radius 2 is 2.08 bits per heavy atom. The lowest BCUT2D eigenvalue weighted by Crippen LogP contribution is -2.37. The van der Waals surface area contributed by atoms with E-state index in [1.165, 1.54) is 23.1 Å². The van der Waals surface area contributed by atoms with Crippen LogP contribution in [0.25, 0.3) is 0 Å². The van der Waals surface area contributed by atoms with Crippen LogP contribution in [0, 0.1) is 0 Å². The number of benzene rings is 1. The predicted molar refractivity (Wildman–Crippen MR) is 103 cm³/mol. The zero-order valence-corrected chi connectivity index (χ0v) is 16.2. The number of methoxy groups -OCH3 is 1. The molecule has 3 N–H and O–H groups in total. The normalized spacial score (nSPS) is 10.2. The Morgan fingerprint density at radius 1 is 1.23 bits per heavy atom. The number of hydrogen-bond acceptors (Lipinski definition) is 8. The van der Waals surface area contributed by atoms with Gasteiger partial charge in [-0.3, -0.25) is 9.59 Å². The van der Waals surface area contributed by atoms with E-state index in [0.29, 0.717) is 16.0 Å². The zero-order chi connectivity index (χ0) is 18.8. The maximum absolute atomic E-state index is 11.8. The number of anilines is 2. The molecule has 0 aliphatic heterocycles. The van der Waals surface area contributed by atoms with Crippen LogP contribution in [-0.4, -0.2) is 48.0 Å². The highest BCUT2D eigenvalue weighted by Crippen LogP contribution is 2.28. The predicted octanol–water partition coefficient (Wildman–Crippen LogP) is 2.02. The lowest BCUT2D eigenvalue weighted by atomic mass is 10.3. The summed E-state index contributed by atoms with van der Waals surface area (Å²) < 4.78 is 5.84. The first-order valence-electron chi connectivity index (χ1n) is 8.01. The number of thioether (sulfide) groups is 1. The molecule has 10 heteroatoms. The van der Waals surface area contributed by atoms with E-state index in [0.717, 1.165) is 17.9 Å². The van der Waals surface area contributed by atoms with E-state index in [9.17, 15) is 9.59 Å². The van der Waals surface area contributed by atoms with Crippen molar-refractivity contribution in [2.75, 3.05) is 31.3 Å². The highest BCUT2D eigenvalue weighted by Gasteiger charge is 2.10. The summed E-state index contributed by atoms with van der Waals surface area (Å²) in [4.78, 5) is 23.2. The number of carbonyl (C=O) groups excluding carboxylic acids is 2. The SMILES string of the molecule is CCCNC(=O)CNC(=O)CSc1nnc(Nc2cccc(OC)c2)s1. The van der Waals surface area contributed by atoms with Crippen LogP contribution in [-0.2, 0) is 9.59 Å². The second-order valence-electron chi connectivity index (χ2n) is 5.15. The van der Waals surface area contributed by atoms with Crippen molar-refractivity contribution in [2.24, 2.45) is 0 Å². The molecule has 0 atom stereocenters. The zero-order valence-electron chi connectivity index (χ0n) is 14.6. The van der Waals surface area contributed by atoms with Gasteiger partial charge in [-0.15, -0.1) is 10.2 Å². The molecule has 0 aliphatic rings. The fourth-order valence-corrected chi connectivity index (χ4v) is 3.43. The molecule has 0 unspecified atom stereocenters. The van der Waals surface area contributed by atoms with E-state index in [4.69, 9.17) is 4.74 Å². The second kappa shape index (κ2) is 10.6. The molecule has 0 bridgehead atoms. The average Bonchev–Trinajstić information content (AvgIpc) is 3.10. The van der Waals surface area contributed by atoms with E-state index >= 15 is 0 Å². The number of rotatable bonds is 10. The minimum atomic E-state index is -0.223. The van der Waals surface area contributed by atoms with E-state index in [-0.39, 0.29) is 24.1 Å². The Bertz CT molecular complexity index is 738. The minimum Gasteiger partial charge on any atom is -0.497 e. The first-order chi connectivity index (χ1) is 12.6. The third-order valence-electron chi connectivity index (χ3n) is 3.07. The van der Waals surface area contributed by atoms with Gasteiger partial charge in [0.25, 0.3) is 0 Å². The lowest BCUT2D eigenvalue weighted by molar-refractivity contribution is -0.124. The molecule has 8 nitrogen and oxygen atoms in total. The number of amides is 2. The summed E-state index contributed by atoms with van der Waals surface area (Å²) in [6, 6.07) is 7.48. The molecule has 0 fully saturated rings. The van der Waals surface area contributed by atoms with Crippen molar-refractivity contribution in [1.29, 1.82) is 0 Å². The molecule has 0 aliphatic carbocycles. The van der Waals surface area contributed by atoms with Crippen LogP contribution in [0.1, 0.15) is 13.3 Å². The maximum Gasteiger partial charge on any atom is 0.239 e. The number of nitrogens with zero attached hydrogens (tertiary/aromatic N) is 2. The molecule has 0 spiro atoms. The molecule has 2 aromatic rings. The van der Waals surface area contributed by atoms with Gasteiger partial charge in [0, 0.05) is 18.3 Å². The van der Waals surface area contributed by atoms with E-state index in [1.54, 1.807) is 7.11 Å². The van der Waals surface area contributed by atoms with Gasteiger partial charge in [0.15, 0.2) is 4.34 Å². The first kappa shape index (κ1) is 20.0. The van der Waals surface area contributed by atoms with Crippen molar-refractivity contribution in [3.8, 4) is 5.75 Å². The third-order valence-corrected chi connectivity index (χ3v) is 5.04. The smallest absolute Gasteiger partial charge is 0.239 e. The molecule has 0 saturated carbocycles. The molecule has 1 aromatic carbocycles. The van der Waals surface area contributed by atoms with Gasteiger partial charge in [-0.05, 0) is 18.6 Å². The molecule has 2 rings (SSSR count). The van der Waals surface area contributed by atoms with Crippen molar-refractivity contribution in [3.63, 3.8) is 0 Å². The van der Waals surface area contributed by atoms with Crippen LogP contribution in [0.2, 0.25) is 0 Å². The van der Waals surface area contributed by atoms with Crippen molar-refractivity contribution in [2.45, 2.75) is 17.7 Å². The molecule has 1 heterocycles. The molecule has 0 saturated heterocycles. The third kappa shape index (κ3) is 6.89. The summed E-state index contributed by atoms with van der Waals surface area (Å²) in [7, 11) is 1.61.